The quantitative estimate of drug-likeness (QED) is 0.539. The zero-order chi connectivity index (χ0) is 22.8. The second-order valence-electron chi connectivity index (χ2n) is 8.68. The summed E-state index contributed by atoms with van der Waals surface area (Å²) < 4.78 is 43.2. The van der Waals surface area contributed by atoms with Gasteiger partial charge in [-0.1, -0.05) is 0 Å². The zero-order valence-corrected chi connectivity index (χ0v) is 19.5. The largest absolute Gasteiger partial charge is 0.497 e. The number of hydrogen-bond acceptors (Lipinski definition) is 8. The van der Waals surface area contributed by atoms with Crippen LogP contribution in [0, 0.1) is 5.41 Å². The number of rotatable bonds is 10. The molecule has 0 bridgehead atoms. The van der Waals surface area contributed by atoms with E-state index >= 15 is 0 Å². The monoisotopic (exact) mass is 453 g/mol. The summed E-state index contributed by atoms with van der Waals surface area (Å²) in [5, 5.41) is 3.80. The number of ether oxygens (including phenoxy) is 2. The summed E-state index contributed by atoms with van der Waals surface area (Å²) in [4.78, 5) is 14.4. The minimum absolute atomic E-state index is 0.175. The first kappa shape index (κ1) is 23.5. The van der Waals surface area contributed by atoms with Crippen molar-refractivity contribution < 1.29 is 26.9 Å². The maximum Gasteiger partial charge on any atom is 0.366 e. The van der Waals surface area contributed by atoms with Gasteiger partial charge in [0, 0.05) is 31.2 Å². The van der Waals surface area contributed by atoms with Crippen LogP contribution in [0.5, 0.6) is 5.75 Å². The van der Waals surface area contributed by atoms with Crippen molar-refractivity contribution >= 4 is 27.2 Å². The second-order valence-corrected chi connectivity index (χ2v) is 10.2. The summed E-state index contributed by atoms with van der Waals surface area (Å²) in [6.45, 7) is 4.87. The Bertz CT molecular complexity index is 1040. The van der Waals surface area contributed by atoms with Crippen LogP contribution in [0.3, 0.4) is 0 Å². The van der Waals surface area contributed by atoms with Crippen molar-refractivity contribution in [2.45, 2.75) is 26.4 Å². The van der Waals surface area contributed by atoms with Crippen molar-refractivity contribution in [1.82, 2.24) is 14.2 Å². The number of likely N-dealkylation sites (N-methyl/N-ethyl adjacent to an activating group) is 1. The molecule has 1 N–H and O–H groups in total. The fourth-order valence-electron chi connectivity index (χ4n) is 3.09. The van der Waals surface area contributed by atoms with Gasteiger partial charge in [0.05, 0.1) is 24.6 Å². The molecule has 1 aliphatic rings. The molecule has 172 valence electrons. The lowest BCUT2D eigenvalue weighted by atomic mass is 9.95. The van der Waals surface area contributed by atoms with Crippen LogP contribution in [0.1, 0.15) is 19.4 Å². The lowest BCUT2D eigenvalue weighted by Gasteiger charge is -2.31. The molecule has 3 rings (SSSR count). The summed E-state index contributed by atoms with van der Waals surface area (Å²) in [5.74, 6) is 0.159. The normalized spacial score (nSPS) is 15.3. The van der Waals surface area contributed by atoms with Gasteiger partial charge in [-0.3, -0.25) is 8.98 Å². The molecule has 1 aliphatic heterocycles. The third-order valence-corrected chi connectivity index (χ3v) is 6.47. The van der Waals surface area contributed by atoms with Crippen LogP contribution in [0.25, 0.3) is 10.9 Å². The van der Waals surface area contributed by atoms with Crippen molar-refractivity contribution in [2.75, 3.05) is 47.4 Å². The van der Waals surface area contributed by atoms with E-state index in [-0.39, 0.29) is 12.7 Å². The van der Waals surface area contributed by atoms with E-state index in [0.717, 1.165) is 21.5 Å². The van der Waals surface area contributed by atoms with Gasteiger partial charge < -0.3 is 19.7 Å². The third kappa shape index (κ3) is 5.38. The number of benzene rings is 1. The Morgan fingerprint density at radius 1 is 1.29 bits per heavy atom. The Morgan fingerprint density at radius 3 is 2.58 bits per heavy atom. The highest BCUT2D eigenvalue weighted by Gasteiger charge is 2.35. The second kappa shape index (κ2) is 9.15. The molecule has 1 fully saturated rings. The molecule has 2 aromatic rings. The molecule has 2 heterocycles. The lowest BCUT2D eigenvalue weighted by Crippen LogP contribution is -2.51. The molecule has 1 aromatic carbocycles. The zero-order valence-electron chi connectivity index (χ0n) is 18.7. The first-order valence-corrected chi connectivity index (χ1v) is 11.5. The Balaban J connectivity index is 1.83. The van der Waals surface area contributed by atoms with Gasteiger partial charge in [0.25, 0.3) is 0 Å². The average molecular weight is 454 g/mol. The van der Waals surface area contributed by atoms with E-state index < -0.39 is 21.7 Å². The molecular weight excluding hydrogens is 422 g/mol. The number of carbonyl (C=O) groups excluding carboxylic acids is 1. The van der Waals surface area contributed by atoms with Crippen molar-refractivity contribution in [3.63, 3.8) is 0 Å². The minimum atomic E-state index is -4.17. The smallest absolute Gasteiger partial charge is 0.366 e. The Labute approximate surface area is 183 Å². The van der Waals surface area contributed by atoms with Crippen LogP contribution in [-0.4, -0.2) is 76.8 Å². The predicted octanol–water partition coefficient (Wildman–Crippen LogP) is 1.40. The first-order valence-electron chi connectivity index (χ1n) is 10.2. The highest BCUT2D eigenvalue weighted by Crippen LogP contribution is 2.29. The Hall–Kier alpha value is -2.14. The van der Waals surface area contributed by atoms with Crippen LogP contribution < -0.4 is 10.1 Å². The molecule has 0 aliphatic carbocycles. The van der Waals surface area contributed by atoms with Crippen LogP contribution >= 0.6 is 0 Å². The number of aromatic nitrogens is 1. The number of hydrogen-bond donors (Lipinski definition) is 1. The molecule has 1 saturated heterocycles. The van der Waals surface area contributed by atoms with Crippen LogP contribution in [-0.2, 0) is 30.4 Å². The van der Waals surface area contributed by atoms with Gasteiger partial charge in [-0.25, -0.2) is 3.97 Å². The Kier molecular flexibility index (Phi) is 6.95. The molecule has 1 aromatic heterocycles. The summed E-state index contributed by atoms with van der Waals surface area (Å²) in [6, 6.07) is 5.22. The van der Waals surface area contributed by atoms with E-state index in [9.17, 15) is 13.2 Å². The third-order valence-electron chi connectivity index (χ3n) is 5.27. The fraction of sp³-hybridized carbons (Fsp3) is 0.571. The summed E-state index contributed by atoms with van der Waals surface area (Å²) >= 11 is 0. The molecule has 10 heteroatoms. The molecule has 0 spiro atoms. The summed E-state index contributed by atoms with van der Waals surface area (Å²) in [7, 11) is 1.32. The van der Waals surface area contributed by atoms with Crippen molar-refractivity contribution in [1.29, 1.82) is 0 Å². The molecular formula is C21H31N3O6S. The van der Waals surface area contributed by atoms with Crippen LogP contribution in [0.2, 0.25) is 0 Å². The van der Waals surface area contributed by atoms with Crippen molar-refractivity contribution in [2.24, 2.45) is 5.41 Å². The van der Waals surface area contributed by atoms with E-state index in [1.807, 2.05) is 25.1 Å². The maximum atomic E-state index is 13.0. The van der Waals surface area contributed by atoms with Gasteiger partial charge in [-0.2, -0.15) is 8.42 Å². The lowest BCUT2D eigenvalue weighted by molar-refractivity contribution is -0.163. The molecule has 0 saturated carbocycles. The van der Waals surface area contributed by atoms with Gasteiger partial charge in [0.1, 0.15) is 11.9 Å². The number of esters is 1. The molecule has 0 unspecified atom stereocenters. The Morgan fingerprint density at radius 2 is 2.00 bits per heavy atom. The molecule has 9 nitrogen and oxygen atoms in total. The molecule has 31 heavy (non-hydrogen) atoms. The first-order chi connectivity index (χ1) is 14.5. The predicted molar refractivity (Wildman–Crippen MR) is 118 cm³/mol. The minimum Gasteiger partial charge on any atom is -0.497 e. The van der Waals surface area contributed by atoms with Gasteiger partial charge in [0.2, 0.25) is 0 Å². The highest BCUT2D eigenvalue weighted by atomic mass is 32.2. The van der Waals surface area contributed by atoms with Crippen LogP contribution in [0.15, 0.2) is 24.4 Å². The molecule has 0 radical (unpaired) electrons. The van der Waals surface area contributed by atoms with E-state index in [1.54, 1.807) is 39.3 Å². The molecule has 0 amide bonds. The molecule has 0 atom stereocenters. The number of nitrogens with zero attached hydrogens (tertiary/aromatic N) is 2. The van der Waals surface area contributed by atoms with Gasteiger partial charge in [-0.05, 0) is 58.1 Å². The number of methoxy groups -OCH3 is 1. The summed E-state index contributed by atoms with van der Waals surface area (Å²) in [5.41, 5.74) is 0.254. The average Bonchev–Trinajstić information content (AvgIpc) is 3.06. The summed E-state index contributed by atoms with van der Waals surface area (Å²) in [6.07, 6.45) is 2.06. The van der Waals surface area contributed by atoms with Gasteiger partial charge in [-0.15, -0.1) is 0 Å². The van der Waals surface area contributed by atoms with E-state index in [1.165, 1.54) is 0 Å². The van der Waals surface area contributed by atoms with E-state index in [4.69, 9.17) is 13.7 Å². The van der Waals surface area contributed by atoms with Crippen LogP contribution in [0.4, 0.5) is 0 Å². The van der Waals surface area contributed by atoms with Crippen molar-refractivity contribution in [3.05, 3.63) is 30.0 Å². The number of carbonyl (C=O) groups is 1. The SMILES string of the molecule is COc1ccc2c(c1)c(CCN(C)C)cn2S(=O)(=O)OCC(C)(C)C(=O)OC1CNC1. The standard InChI is InChI=1S/C21H31N3O6S/c1-21(2,20(25)30-17-11-22-12-17)14-29-31(26,27)24-13-15(8-9-23(3)4)18-10-16(28-5)6-7-19(18)24/h6-7,10,13,17,22H,8-9,11-12,14H2,1-5H3. The van der Waals surface area contributed by atoms with Crippen molar-refractivity contribution in [3.8, 4) is 5.75 Å². The number of fused-ring (bicyclic) bond motifs is 1. The van der Waals surface area contributed by atoms with E-state index in [2.05, 4.69) is 5.32 Å². The van der Waals surface area contributed by atoms with Gasteiger partial charge >= 0.3 is 16.3 Å². The van der Waals surface area contributed by atoms with E-state index in [0.29, 0.717) is 30.8 Å². The maximum absolute atomic E-state index is 13.0. The fourth-order valence-corrected chi connectivity index (χ4v) is 4.31. The highest BCUT2D eigenvalue weighted by molar-refractivity contribution is 7.85. The topological polar surface area (TPSA) is 99.1 Å². The van der Waals surface area contributed by atoms with Gasteiger partial charge in [0.15, 0.2) is 0 Å². The number of nitrogens with one attached hydrogen (secondary N) is 1.